The first kappa shape index (κ1) is 21.4. The van der Waals surface area contributed by atoms with Gasteiger partial charge in [-0.15, -0.1) is 0 Å². The second-order valence-corrected chi connectivity index (χ2v) is 9.15. The molecular formula is C26H32N2O3. The van der Waals surface area contributed by atoms with Gasteiger partial charge in [0.05, 0.1) is 6.10 Å². The van der Waals surface area contributed by atoms with Crippen LogP contribution in [0.25, 0.3) is 0 Å². The number of ether oxygens (including phenoxy) is 1. The predicted octanol–water partition coefficient (Wildman–Crippen LogP) is 4.95. The van der Waals surface area contributed by atoms with Gasteiger partial charge >= 0.3 is 0 Å². The second-order valence-electron chi connectivity index (χ2n) is 9.15. The molecule has 1 aliphatic heterocycles. The Morgan fingerprint density at radius 1 is 1.06 bits per heavy atom. The molecule has 0 radical (unpaired) electrons. The molecule has 5 heteroatoms. The number of carbonyl (C=O) groups is 2. The number of fused-ring (bicyclic) bond motifs is 1. The minimum Gasteiger partial charge on any atom is -0.490 e. The molecule has 0 spiro atoms. The Kier molecular flexibility index (Phi) is 6.59. The first-order chi connectivity index (χ1) is 15.0. The first-order valence-electron chi connectivity index (χ1n) is 11.4. The van der Waals surface area contributed by atoms with E-state index in [1.54, 1.807) is 4.90 Å². The lowest BCUT2D eigenvalue weighted by Gasteiger charge is -2.36. The van der Waals surface area contributed by atoms with Crippen LogP contribution in [0.1, 0.15) is 57.1 Å². The summed E-state index contributed by atoms with van der Waals surface area (Å²) in [6.07, 6.45) is 5.84. The van der Waals surface area contributed by atoms with Crippen molar-refractivity contribution in [1.29, 1.82) is 0 Å². The highest BCUT2D eigenvalue weighted by atomic mass is 16.5. The Bertz CT molecular complexity index is 934. The van der Waals surface area contributed by atoms with Gasteiger partial charge in [0, 0.05) is 31.1 Å². The van der Waals surface area contributed by atoms with E-state index in [-0.39, 0.29) is 23.8 Å². The fourth-order valence-electron chi connectivity index (χ4n) is 4.56. The van der Waals surface area contributed by atoms with Crippen molar-refractivity contribution in [2.45, 2.75) is 71.1 Å². The lowest BCUT2D eigenvalue weighted by atomic mass is 9.92. The summed E-state index contributed by atoms with van der Waals surface area (Å²) in [7, 11) is 0. The fraction of sp³-hybridized carbons (Fsp3) is 0.462. The van der Waals surface area contributed by atoms with E-state index in [4.69, 9.17) is 4.74 Å². The highest BCUT2D eigenvalue weighted by molar-refractivity contribution is 5.97. The summed E-state index contributed by atoms with van der Waals surface area (Å²) in [5.74, 6) is 0.914. The molecule has 1 atom stereocenters. The Morgan fingerprint density at radius 3 is 2.55 bits per heavy atom. The normalized spacial score (nSPS) is 18.7. The molecule has 1 saturated carbocycles. The van der Waals surface area contributed by atoms with Crippen LogP contribution in [0.2, 0.25) is 0 Å². The average molecular weight is 421 g/mol. The van der Waals surface area contributed by atoms with E-state index in [1.807, 2.05) is 56.3 Å². The zero-order valence-corrected chi connectivity index (χ0v) is 18.5. The highest BCUT2D eigenvalue weighted by Crippen LogP contribution is 2.28. The van der Waals surface area contributed by atoms with Crippen molar-refractivity contribution in [3.63, 3.8) is 0 Å². The van der Waals surface area contributed by atoms with Gasteiger partial charge in [-0.3, -0.25) is 9.59 Å². The summed E-state index contributed by atoms with van der Waals surface area (Å²) in [5.41, 5.74) is 2.96. The zero-order chi connectivity index (χ0) is 21.8. The topological polar surface area (TPSA) is 58.6 Å². The smallest absolute Gasteiger partial charge is 0.247 e. The van der Waals surface area contributed by atoms with Gasteiger partial charge in [-0.05, 0) is 54.9 Å². The second kappa shape index (κ2) is 9.54. The standard InChI is InChI=1S/C26H32N2O3/c1-18(2)14-25(29)28-17-20-9-4-3-8-19(20)15-24(28)26(30)27-21-10-7-13-23(16-21)31-22-11-5-6-12-22/h3-4,7-10,13,16,18,22,24H,5-6,11-12,14-15,17H2,1-2H3,(H,27,30). The lowest BCUT2D eigenvalue weighted by Crippen LogP contribution is -2.50. The minimum absolute atomic E-state index is 0.0305. The quantitative estimate of drug-likeness (QED) is 0.720. The molecule has 31 heavy (non-hydrogen) atoms. The molecule has 4 rings (SSSR count). The van der Waals surface area contributed by atoms with Gasteiger partial charge in [-0.1, -0.05) is 44.2 Å². The number of hydrogen-bond donors (Lipinski definition) is 1. The van der Waals surface area contributed by atoms with Crippen LogP contribution in [-0.2, 0) is 22.6 Å². The molecule has 2 aliphatic rings. The Balaban J connectivity index is 1.50. The zero-order valence-electron chi connectivity index (χ0n) is 18.5. The van der Waals surface area contributed by atoms with Gasteiger partial charge in [-0.25, -0.2) is 0 Å². The van der Waals surface area contributed by atoms with E-state index in [1.165, 1.54) is 12.8 Å². The first-order valence-corrected chi connectivity index (χ1v) is 11.4. The van der Waals surface area contributed by atoms with Crippen molar-refractivity contribution in [2.24, 2.45) is 5.92 Å². The monoisotopic (exact) mass is 420 g/mol. The van der Waals surface area contributed by atoms with E-state index < -0.39 is 6.04 Å². The molecule has 2 amide bonds. The molecule has 164 valence electrons. The minimum atomic E-state index is -0.513. The van der Waals surface area contributed by atoms with Gasteiger partial charge < -0.3 is 15.0 Å². The number of amides is 2. The number of anilines is 1. The molecule has 1 aliphatic carbocycles. The van der Waals surface area contributed by atoms with Crippen LogP contribution >= 0.6 is 0 Å². The largest absolute Gasteiger partial charge is 0.490 e. The molecular weight excluding hydrogens is 388 g/mol. The summed E-state index contributed by atoms with van der Waals surface area (Å²) in [4.78, 5) is 28.0. The molecule has 0 bridgehead atoms. The van der Waals surface area contributed by atoms with E-state index in [0.717, 1.165) is 29.7 Å². The molecule has 2 aromatic rings. The Morgan fingerprint density at radius 2 is 1.81 bits per heavy atom. The summed E-state index contributed by atoms with van der Waals surface area (Å²) >= 11 is 0. The average Bonchev–Trinajstić information content (AvgIpc) is 3.25. The summed E-state index contributed by atoms with van der Waals surface area (Å²) in [6, 6.07) is 15.1. The van der Waals surface area contributed by atoms with Crippen molar-refractivity contribution in [2.75, 3.05) is 5.32 Å². The van der Waals surface area contributed by atoms with Gasteiger partial charge in [0.25, 0.3) is 0 Å². The Hall–Kier alpha value is -2.82. The van der Waals surface area contributed by atoms with Crippen LogP contribution in [0.4, 0.5) is 5.69 Å². The van der Waals surface area contributed by atoms with E-state index >= 15 is 0 Å². The number of nitrogens with zero attached hydrogens (tertiary/aromatic N) is 1. The molecule has 1 heterocycles. The van der Waals surface area contributed by atoms with Gasteiger partial charge in [0.15, 0.2) is 0 Å². The van der Waals surface area contributed by atoms with E-state index in [9.17, 15) is 9.59 Å². The van der Waals surface area contributed by atoms with Crippen molar-refractivity contribution in [1.82, 2.24) is 4.90 Å². The molecule has 5 nitrogen and oxygen atoms in total. The fourth-order valence-corrected chi connectivity index (χ4v) is 4.56. The van der Waals surface area contributed by atoms with Gasteiger partial charge in [0.1, 0.15) is 11.8 Å². The van der Waals surface area contributed by atoms with Crippen LogP contribution in [0, 0.1) is 5.92 Å². The van der Waals surface area contributed by atoms with Gasteiger partial charge in [-0.2, -0.15) is 0 Å². The van der Waals surface area contributed by atoms with Crippen molar-refractivity contribution >= 4 is 17.5 Å². The van der Waals surface area contributed by atoms with Crippen molar-refractivity contribution in [3.05, 3.63) is 59.7 Å². The maximum atomic E-state index is 13.3. The maximum Gasteiger partial charge on any atom is 0.247 e. The van der Waals surface area contributed by atoms with Gasteiger partial charge in [0.2, 0.25) is 11.8 Å². The maximum absolute atomic E-state index is 13.3. The summed E-state index contributed by atoms with van der Waals surface area (Å²) in [6.45, 7) is 4.53. The number of benzene rings is 2. The molecule has 1 N–H and O–H groups in total. The van der Waals surface area contributed by atoms with E-state index in [0.29, 0.717) is 25.1 Å². The third-order valence-electron chi connectivity index (χ3n) is 6.16. The van der Waals surface area contributed by atoms with Crippen LogP contribution in [0.5, 0.6) is 5.75 Å². The molecule has 1 unspecified atom stereocenters. The van der Waals surface area contributed by atoms with Crippen LogP contribution in [0.3, 0.4) is 0 Å². The molecule has 0 saturated heterocycles. The number of carbonyl (C=O) groups excluding carboxylic acids is 2. The van der Waals surface area contributed by atoms with Crippen molar-refractivity contribution < 1.29 is 14.3 Å². The number of nitrogens with one attached hydrogen (secondary N) is 1. The number of hydrogen-bond acceptors (Lipinski definition) is 3. The van der Waals surface area contributed by atoms with E-state index in [2.05, 4.69) is 11.4 Å². The third kappa shape index (κ3) is 5.27. The highest BCUT2D eigenvalue weighted by Gasteiger charge is 2.34. The van der Waals surface area contributed by atoms with Crippen LogP contribution < -0.4 is 10.1 Å². The molecule has 1 fully saturated rings. The van der Waals surface area contributed by atoms with Crippen LogP contribution in [-0.4, -0.2) is 28.9 Å². The molecule has 0 aromatic heterocycles. The molecule has 2 aromatic carbocycles. The third-order valence-corrected chi connectivity index (χ3v) is 6.16. The Labute approximate surface area is 184 Å². The predicted molar refractivity (Wildman–Crippen MR) is 122 cm³/mol. The lowest BCUT2D eigenvalue weighted by molar-refractivity contribution is -0.140. The number of rotatable bonds is 6. The van der Waals surface area contributed by atoms with Crippen molar-refractivity contribution in [3.8, 4) is 5.75 Å². The summed E-state index contributed by atoms with van der Waals surface area (Å²) in [5, 5.41) is 3.03. The van der Waals surface area contributed by atoms with Crippen LogP contribution in [0.15, 0.2) is 48.5 Å². The summed E-state index contributed by atoms with van der Waals surface area (Å²) < 4.78 is 6.08. The SMILES string of the molecule is CC(C)CC(=O)N1Cc2ccccc2CC1C(=O)Nc1cccc(OC2CCCC2)c1.